The molecule has 5 nitrogen and oxygen atoms in total. The molecule has 0 aliphatic carbocycles. The number of carbonyl (C=O) groups excluding carboxylic acids is 1. The van der Waals surface area contributed by atoms with Crippen molar-refractivity contribution < 1.29 is 17.6 Å². The third-order valence-corrected chi connectivity index (χ3v) is 7.06. The first-order chi connectivity index (χ1) is 15.1. The molecule has 0 aliphatic heterocycles. The highest BCUT2D eigenvalue weighted by atomic mass is 35.5. The van der Waals surface area contributed by atoms with Crippen molar-refractivity contribution in [3.05, 3.63) is 100 Å². The van der Waals surface area contributed by atoms with E-state index in [2.05, 4.69) is 5.32 Å². The molecule has 8 heteroatoms. The lowest BCUT2D eigenvalue weighted by molar-refractivity contribution is -0.122. The number of aryl methyl sites for hydroxylation is 1. The number of sulfonamides is 1. The second kappa shape index (κ2) is 10.3. The van der Waals surface area contributed by atoms with Gasteiger partial charge in [0.1, 0.15) is 5.82 Å². The largest absolute Gasteiger partial charge is 0.348 e. The van der Waals surface area contributed by atoms with E-state index in [-0.39, 0.29) is 23.8 Å². The Hall–Kier alpha value is -2.74. The lowest BCUT2D eigenvalue weighted by Gasteiger charge is -2.23. The summed E-state index contributed by atoms with van der Waals surface area (Å²) < 4.78 is 40.9. The van der Waals surface area contributed by atoms with Crippen LogP contribution in [0.3, 0.4) is 0 Å². The molecule has 32 heavy (non-hydrogen) atoms. The van der Waals surface area contributed by atoms with Crippen LogP contribution in [0.15, 0.2) is 77.7 Å². The molecule has 1 N–H and O–H groups in total. The minimum absolute atomic E-state index is 0.00568. The van der Waals surface area contributed by atoms with Crippen molar-refractivity contribution in [1.29, 1.82) is 0 Å². The maximum absolute atomic E-state index is 13.3. The van der Waals surface area contributed by atoms with Gasteiger partial charge in [0.05, 0.1) is 17.5 Å². The van der Waals surface area contributed by atoms with Crippen LogP contribution in [0.1, 0.15) is 29.7 Å². The highest BCUT2D eigenvalue weighted by Crippen LogP contribution is 2.20. The summed E-state index contributed by atoms with van der Waals surface area (Å²) in [5.74, 6) is -0.836. The summed E-state index contributed by atoms with van der Waals surface area (Å²) in [6.45, 7) is 3.26. The second-order valence-electron chi connectivity index (χ2n) is 7.55. The van der Waals surface area contributed by atoms with Crippen molar-refractivity contribution in [3.63, 3.8) is 0 Å². The van der Waals surface area contributed by atoms with E-state index in [1.54, 1.807) is 55.5 Å². The fourth-order valence-electron chi connectivity index (χ4n) is 3.16. The van der Waals surface area contributed by atoms with E-state index in [0.717, 1.165) is 9.87 Å². The minimum atomic E-state index is -3.94. The Balaban J connectivity index is 1.82. The average molecular weight is 475 g/mol. The van der Waals surface area contributed by atoms with Gasteiger partial charge >= 0.3 is 0 Å². The predicted octanol–water partition coefficient (Wildman–Crippen LogP) is 4.86. The molecule has 0 heterocycles. The molecule has 0 saturated carbocycles. The van der Waals surface area contributed by atoms with Crippen LogP contribution < -0.4 is 5.32 Å². The third-order valence-electron chi connectivity index (χ3n) is 5.00. The lowest BCUT2D eigenvalue weighted by Crippen LogP contribution is -2.41. The summed E-state index contributed by atoms with van der Waals surface area (Å²) in [7, 11) is -3.94. The summed E-state index contributed by atoms with van der Waals surface area (Å²) in [6, 6.07) is 18.6. The van der Waals surface area contributed by atoms with Crippen LogP contribution in [-0.4, -0.2) is 25.2 Å². The van der Waals surface area contributed by atoms with E-state index in [4.69, 9.17) is 11.6 Å². The van der Waals surface area contributed by atoms with Gasteiger partial charge in [0.25, 0.3) is 0 Å². The maximum atomic E-state index is 13.3. The molecule has 0 bridgehead atoms. The fourth-order valence-corrected chi connectivity index (χ4v) is 4.67. The highest BCUT2D eigenvalue weighted by Gasteiger charge is 2.27. The Morgan fingerprint density at radius 3 is 2.19 bits per heavy atom. The summed E-state index contributed by atoms with van der Waals surface area (Å²) >= 11 is 5.94. The van der Waals surface area contributed by atoms with Crippen molar-refractivity contribution in [2.45, 2.75) is 31.3 Å². The standard InChI is InChI=1S/C24H24ClFN2O3S/c1-17-3-13-23(14-4-17)32(30,31)28(15-19-5-9-21(25)10-6-19)16-24(29)27-18(2)20-7-11-22(26)12-8-20/h3-14,18H,15-16H2,1-2H3,(H,27,29)/t18-/m0/s1. The monoisotopic (exact) mass is 474 g/mol. The molecule has 0 aromatic heterocycles. The summed E-state index contributed by atoms with van der Waals surface area (Å²) in [4.78, 5) is 12.9. The Bertz CT molecular complexity index is 1170. The number of hydrogen-bond acceptors (Lipinski definition) is 3. The molecule has 0 unspecified atom stereocenters. The van der Waals surface area contributed by atoms with Crippen molar-refractivity contribution in [2.75, 3.05) is 6.54 Å². The van der Waals surface area contributed by atoms with Gasteiger partial charge in [-0.15, -0.1) is 0 Å². The van der Waals surface area contributed by atoms with E-state index < -0.39 is 22.0 Å². The van der Waals surface area contributed by atoms with Gasteiger partial charge in [-0.05, 0) is 61.4 Å². The molecule has 168 valence electrons. The van der Waals surface area contributed by atoms with Gasteiger partial charge in [-0.25, -0.2) is 12.8 Å². The normalized spacial score (nSPS) is 12.5. The van der Waals surface area contributed by atoms with E-state index in [9.17, 15) is 17.6 Å². The van der Waals surface area contributed by atoms with Gasteiger partial charge in [-0.1, -0.05) is 53.6 Å². The van der Waals surface area contributed by atoms with Crippen molar-refractivity contribution >= 4 is 27.5 Å². The second-order valence-corrected chi connectivity index (χ2v) is 9.93. The zero-order chi connectivity index (χ0) is 23.3. The van der Waals surface area contributed by atoms with Crippen LogP contribution in [0, 0.1) is 12.7 Å². The number of carbonyl (C=O) groups is 1. The van der Waals surface area contributed by atoms with Gasteiger partial charge in [-0.3, -0.25) is 4.79 Å². The summed E-state index contributed by atoms with van der Waals surface area (Å²) in [5, 5.41) is 3.32. The fraction of sp³-hybridized carbons (Fsp3) is 0.208. The van der Waals surface area contributed by atoms with Crippen LogP contribution in [0.4, 0.5) is 4.39 Å². The number of nitrogens with one attached hydrogen (secondary N) is 1. The topological polar surface area (TPSA) is 66.5 Å². The zero-order valence-corrected chi connectivity index (χ0v) is 19.3. The number of nitrogens with zero attached hydrogens (tertiary/aromatic N) is 1. The molecule has 1 amide bonds. The Labute approximate surface area is 192 Å². The number of rotatable bonds is 8. The first kappa shape index (κ1) is 23.9. The van der Waals surface area contributed by atoms with E-state index in [1.807, 2.05) is 6.92 Å². The highest BCUT2D eigenvalue weighted by molar-refractivity contribution is 7.89. The van der Waals surface area contributed by atoms with Crippen molar-refractivity contribution in [2.24, 2.45) is 0 Å². The van der Waals surface area contributed by atoms with Crippen LogP contribution in [-0.2, 0) is 21.4 Å². The first-order valence-electron chi connectivity index (χ1n) is 10.0. The van der Waals surface area contributed by atoms with Crippen LogP contribution in [0.2, 0.25) is 5.02 Å². The van der Waals surface area contributed by atoms with E-state index >= 15 is 0 Å². The van der Waals surface area contributed by atoms with Crippen LogP contribution in [0.5, 0.6) is 0 Å². The molecule has 3 aromatic rings. The van der Waals surface area contributed by atoms with Gasteiger partial charge in [0, 0.05) is 11.6 Å². The number of benzene rings is 3. The molecule has 3 rings (SSSR count). The Morgan fingerprint density at radius 2 is 1.59 bits per heavy atom. The molecule has 0 spiro atoms. The van der Waals surface area contributed by atoms with E-state index in [1.165, 1.54) is 24.3 Å². The molecule has 0 saturated heterocycles. The molecular weight excluding hydrogens is 451 g/mol. The number of amides is 1. The van der Waals surface area contributed by atoms with Crippen molar-refractivity contribution in [3.8, 4) is 0 Å². The average Bonchev–Trinajstić information content (AvgIpc) is 2.75. The Morgan fingerprint density at radius 1 is 1.00 bits per heavy atom. The van der Waals surface area contributed by atoms with Gasteiger partial charge in [0.2, 0.25) is 15.9 Å². The van der Waals surface area contributed by atoms with Crippen molar-refractivity contribution in [1.82, 2.24) is 9.62 Å². The lowest BCUT2D eigenvalue weighted by atomic mass is 10.1. The smallest absolute Gasteiger partial charge is 0.243 e. The molecule has 3 aromatic carbocycles. The SMILES string of the molecule is Cc1ccc(S(=O)(=O)N(CC(=O)N[C@@H](C)c2ccc(F)cc2)Cc2ccc(Cl)cc2)cc1. The molecule has 0 fully saturated rings. The third kappa shape index (κ3) is 6.16. The molecular formula is C24H24ClFN2O3S. The summed E-state index contributed by atoms with van der Waals surface area (Å²) in [6.07, 6.45) is 0. The van der Waals surface area contributed by atoms with Gasteiger partial charge < -0.3 is 5.32 Å². The maximum Gasteiger partial charge on any atom is 0.243 e. The van der Waals surface area contributed by atoms with Gasteiger partial charge in [-0.2, -0.15) is 4.31 Å². The van der Waals surface area contributed by atoms with Gasteiger partial charge in [0.15, 0.2) is 0 Å². The number of halogens is 2. The molecule has 0 radical (unpaired) electrons. The minimum Gasteiger partial charge on any atom is -0.348 e. The Kier molecular flexibility index (Phi) is 7.66. The predicted molar refractivity (Wildman–Crippen MR) is 123 cm³/mol. The number of hydrogen-bond donors (Lipinski definition) is 1. The summed E-state index contributed by atoms with van der Waals surface area (Å²) in [5.41, 5.74) is 2.34. The first-order valence-corrected chi connectivity index (χ1v) is 11.8. The molecule has 0 aliphatic rings. The molecule has 1 atom stereocenters. The van der Waals surface area contributed by atoms with Crippen LogP contribution >= 0.6 is 11.6 Å². The zero-order valence-electron chi connectivity index (χ0n) is 17.8. The quantitative estimate of drug-likeness (QED) is 0.507. The van der Waals surface area contributed by atoms with E-state index in [0.29, 0.717) is 16.1 Å². The van der Waals surface area contributed by atoms with Crippen LogP contribution in [0.25, 0.3) is 0 Å².